The van der Waals surface area contributed by atoms with E-state index in [-0.39, 0.29) is 12.5 Å². The van der Waals surface area contributed by atoms with Gasteiger partial charge in [-0.05, 0) is 25.3 Å². The first kappa shape index (κ1) is 14.7. The average molecular weight is 250 g/mol. The largest absolute Gasteiger partial charge is 0.388 e. The third-order valence-corrected chi connectivity index (χ3v) is 3.04. The molecule has 4 nitrogen and oxygen atoms in total. The zero-order valence-electron chi connectivity index (χ0n) is 11.0. The van der Waals surface area contributed by atoms with Crippen LogP contribution in [0.2, 0.25) is 0 Å². The first-order valence-electron chi connectivity index (χ1n) is 6.24. The van der Waals surface area contributed by atoms with Crippen LogP contribution in [0.3, 0.4) is 0 Å². The molecule has 1 aromatic rings. The van der Waals surface area contributed by atoms with Crippen LogP contribution in [-0.2, 0) is 11.2 Å². The molecule has 18 heavy (non-hydrogen) atoms. The van der Waals surface area contributed by atoms with Crippen LogP contribution in [0.25, 0.3) is 0 Å². The van der Waals surface area contributed by atoms with Crippen LogP contribution in [0.5, 0.6) is 0 Å². The molecule has 0 bridgehead atoms. The predicted octanol–water partition coefficient (Wildman–Crippen LogP) is 0.834. The fourth-order valence-corrected chi connectivity index (χ4v) is 1.49. The number of carbonyl (C=O) groups excluding carboxylic acids is 1. The summed E-state index contributed by atoms with van der Waals surface area (Å²) in [6.07, 6.45) is 1.09. The van der Waals surface area contributed by atoms with Crippen molar-refractivity contribution in [3.8, 4) is 0 Å². The SMILES string of the molecule is CCC(C)(O)CNC(=O)C(N)Cc1ccccc1. The summed E-state index contributed by atoms with van der Waals surface area (Å²) in [6, 6.07) is 9.06. The van der Waals surface area contributed by atoms with Crippen LogP contribution in [-0.4, -0.2) is 29.2 Å². The van der Waals surface area contributed by atoms with Gasteiger partial charge in [0.05, 0.1) is 11.6 Å². The fourth-order valence-electron chi connectivity index (χ4n) is 1.49. The van der Waals surface area contributed by atoms with Crippen molar-refractivity contribution in [2.75, 3.05) is 6.54 Å². The van der Waals surface area contributed by atoms with Crippen LogP contribution in [0.1, 0.15) is 25.8 Å². The van der Waals surface area contributed by atoms with Gasteiger partial charge in [0.2, 0.25) is 5.91 Å². The van der Waals surface area contributed by atoms with E-state index in [2.05, 4.69) is 5.32 Å². The number of benzene rings is 1. The number of amides is 1. The Balaban J connectivity index is 2.43. The lowest BCUT2D eigenvalue weighted by Gasteiger charge is -2.22. The smallest absolute Gasteiger partial charge is 0.237 e. The molecule has 0 saturated carbocycles. The molecule has 100 valence electrons. The van der Waals surface area contributed by atoms with Gasteiger partial charge >= 0.3 is 0 Å². The molecule has 2 unspecified atom stereocenters. The van der Waals surface area contributed by atoms with Gasteiger partial charge in [0, 0.05) is 6.54 Å². The van der Waals surface area contributed by atoms with Crippen LogP contribution >= 0.6 is 0 Å². The normalized spacial score (nSPS) is 15.8. The van der Waals surface area contributed by atoms with Crippen LogP contribution in [0.4, 0.5) is 0 Å². The van der Waals surface area contributed by atoms with Crippen molar-refractivity contribution >= 4 is 5.91 Å². The van der Waals surface area contributed by atoms with Crippen LogP contribution < -0.4 is 11.1 Å². The number of hydrogen-bond donors (Lipinski definition) is 3. The Labute approximate surface area is 108 Å². The minimum atomic E-state index is -0.873. The summed E-state index contributed by atoms with van der Waals surface area (Å²) in [7, 11) is 0. The topological polar surface area (TPSA) is 75.3 Å². The van der Waals surface area contributed by atoms with Crippen LogP contribution in [0.15, 0.2) is 30.3 Å². The van der Waals surface area contributed by atoms with Gasteiger partial charge in [-0.3, -0.25) is 4.79 Å². The Hall–Kier alpha value is -1.39. The quantitative estimate of drug-likeness (QED) is 0.700. The maximum atomic E-state index is 11.8. The molecule has 4 heteroatoms. The summed E-state index contributed by atoms with van der Waals surface area (Å²) in [5, 5.41) is 12.5. The molecule has 0 fully saturated rings. The van der Waals surface area contributed by atoms with Gasteiger partial charge in [-0.15, -0.1) is 0 Å². The van der Waals surface area contributed by atoms with E-state index in [9.17, 15) is 9.90 Å². The third kappa shape index (κ3) is 4.85. The zero-order chi connectivity index (χ0) is 13.6. The number of nitrogens with two attached hydrogens (primary N) is 1. The maximum Gasteiger partial charge on any atom is 0.237 e. The van der Waals surface area contributed by atoms with E-state index in [4.69, 9.17) is 5.73 Å². The standard InChI is InChI=1S/C14H22N2O2/c1-3-14(2,18)10-16-13(17)12(15)9-11-7-5-4-6-8-11/h4-8,12,18H,3,9-10,15H2,1-2H3,(H,16,17). The van der Waals surface area contributed by atoms with Crippen molar-refractivity contribution < 1.29 is 9.90 Å². The van der Waals surface area contributed by atoms with Gasteiger partial charge in [0.1, 0.15) is 0 Å². The number of hydrogen-bond acceptors (Lipinski definition) is 3. The Kier molecular flexibility index (Phi) is 5.31. The lowest BCUT2D eigenvalue weighted by molar-refractivity contribution is -0.123. The molecule has 1 aromatic carbocycles. The molecule has 0 spiro atoms. The van der Waals surface area contributed by atoms with Gasteiger partial charge in [-0.2, -0.15) is 0 Å². The van der Waals surface area contributed by atoms with E-state index in [1.165, 1.54) is 0 Å². The first-order chi connectivity index (χ1) is 8.44. The molecule has 0 aliphatic heterocycles. The van der Waals surface area contributed by atoms with Crippen molar-refractivity contribution in [2.45, 2.75) is 38.3 Å². The molecule has 0 aliphatic rings. The first-order valence-corrected chi connectivity index (χ1v) is 6.24. The lowest BCUT2D eigenvalue weighted by atomic mass is 10.0. The zero-order valence-corrected chi connectivity index (χ0v) is 11.0. The molecule has 0 heterocycles. The summed E-state index contributed by atoms with van der Waals surface area (Å²) in [4.78, 5) is 11.8. The fraction of sp³-hybridized carbons (Fsp3) is 0.500. The maximum absolute atomic E-state index is 11.8. The highest BCUT2D eigenvalue weighted by Gasteiger charge is 2.20. The molecular weight excluding hydrogens is 228 g/mol. The van der Waals surface area contributed by atoms with E-state index in [0.29, 0.717) is 12.8 Å². The second-order valence-electron chi connectivity index (χ2n) is 4.86. The Morgan fingerprint density at radius 2 is 2.06 bits per heavy atom. The van der Waals surface area contributed by atoms with Gasteiger partial charge in [0.25, 0.3) is 0 Å². The van der Waals surface area contributed by atoms with E-state index in [1.807, 2.05) is 37.3 Å². The van der Waals surface area contributed by atoms with E-state index < -0.39 is 11.6 Å². The summed E-state index contributed by atoms with van der Waals surface area (Å²) in [6.45, 7) is 3.79. The molecule has 4 N–H and O–H groups in total. The molecule has 1 amide bonds. The van der Waals surface area contributed by atoms with Gasteiger partial charge in [-0.1, -0.05) is 37.3 Å². The summed E-state index contributed by atoms with van der Waals surface area (Å²) < 4.78 is 0. The summed E-state index contributed by atoms with van der Waals surface area (Å²) in [5.74, 6) is -0.229. The predicted molar refractivity (Wildman–Crippen MR) is 72.0 cm³/mol. The van der Waals surface area contributed by atoms with Gasteiger partial charge in [-0.25, -0.2) is 0 Å². The number of rotatable bonds is 6. The van der Waals surface area contributed by atoms with E-state index >= 15 is 0 Å². The highest BCUT2D eigenvalue weighted by atomic mass is 16.3. The molecule has 0 aliphatic carbocycles. The van der Waals surface area contributed by atoms with E-state index in [0.717, 1.165) is 5.56 Å². The van der Waals surface area contributed by atoms with Gasteiger partial charge in [0.15, 0.2) is 0 Å². The van der Waals surface area contributed by atoms with Gasteiger partial charge < -0.3 is 16.2 Å². The van der Waals surface area contributed by atoms with E-state index in [1.54, 1.807) is 6.92 Å². The minimum absolute atomic E-state index is 0.227. The molecule has 2 atom stereocenters. The number of nitrogens with one attached hydrogen (secondary N) is 1. The van der Waals surface area contributed by atoms with Crippen molar-refractivity contribution in [3.05, 3.63) is 35.9 Å². The summed E-state index contributed by atoms with van der Waals surface area (Å²) in [5.41, 5.74) is 5.98. The average Bonchev–Trinajstić information content (AvgIpc) is 2.37. The highest BCUT2D eigenvalue weighted by molar-refractivity contribution is 5.81. The number of carbonyl (C=O) groups is 1. The molecule has 1 rings (SSSR count). The molecule has 0 saturated heterocycles. The Morgan fingerprint density at radius 1 is 1.44 bits per heavy atom. The Bertz CT molecular complexity index is 377. The highest BCUT2D eigenvalue weighted by Crippen LogP contribution is 2.06. The summed E-state index contributed by atoms with van der Waals surface area (Å²) >= 11 is 0. The van der Waals surface area contributed by atoms with Crippen molar-refractivity contribution in [1.82, 2.24) is 5.32 Å². The van der Waals surface area contributed by atoms with Crippen molar-refractivity contribution in [3.63, 3.8) is 0 Å². The second kappa shape index (κ2) is 6.52. The third-order valence-electron chi connectivity index (χ3n) is 3.04. The minimum Gasteiger partial charge on any atom is -0.388 e. The van der Waals surface area contributed by atoms with Crippen molar-refractivity contribution in [2.24, 2.45) is 5.73 Å². The monoisotopic (exact) mass is 250 g/mol. The van der Waals surface area contributed by atoms with Crippen LogP contribution in [0, 0.1) is 0 Å². The lowest BCUT2D eigenvalue weighted by Crippen LogP contribution is -2.47. The van der Waals surface area contributed by atoms with Crippen molar-refractivity contribution in [1.29, 1.82) is 0 Å². The second-order valence-corrected chi connectivity index (χ2v) is 4.86. The molecule has 0 radical (unpaired) electrons. The molecular formula is C14H22N2O2. The Morgan fingerprint density at radius 3 is 2.61 bits per heavy atom. The molecule has 0 aromatic heterocycles. The number of aliphatic hydroxyl groups is 1.